The van der Waals surface area contributed by atoms with Gasteiger partial charge < -0.3 is 9.64 Å². The third-order valence-electron chi connectivity index (χ3n) is 4.36. The van der Waals surface area contributed by atoms with Crippen molar-refractivity contribution in [3.8, 4) is 11.8 Å². The molecular formula is C23H28N2OS. The molecule has 0 aliphatic heterocycles. The average molecular weight is 381 g/mol. The van der Waals surface area contributed by atoms with Crippen LogP contribution in [0.25, 0.3) is 11.6 Å². The van der Waals surface area contributed by atoms with Crippen molar-refractivity contribution >= 4 is 23.4 Å². The van der Waals surface area contributed by atoms with E-state index in [9.17, 15) is 5.26 Å². The minimum atomic E-state index is 0.653. The molecule has 0 saturated heterocycles. The molecule has 0 fully saturated rings. The predicted molar refractivity (Wildman–Crippen MR) is 116 cm³/mol. The minimum absolute atomic E-state index is 0.653. The Labute approximate surface area is 167 Å². The van der Waals surface area contributed by atoms with Gasteiger partial charge in [-0.15, -0.1) is 11.8 Å². The van der Waals surface area contributed by atoms with Gasteiger partial charge in [-0.1, -0.05) is 32.9 Å². The minimum Gasteiger partial charge on any atom is -0.492 e. The Balaban J connectivity index is 2.01. The summed E-state index contributed by atoms with van der Waals surface area (Å²) in [5.74, 6) is 1.89. The van der Waals surface area contributed by atoms with Gasteiger partial charge in [0.05, 0.1) is 11.6 Å². The maximum atomic E-state index is 9.55. The Hall–Kier alpha value is -2.22. The van der Waals surface area contributed by atoms with E-state index in [2.05, 4.69) is 56.0 Å². The summed E-state index contributed by atoms with van der Waals surface area (Å²) in [6.45, 7) is 10.1. The van der Waals surface area contributed by atoms with Gasteiger partial charge in [0.15, 0.2) is 0 Å². The topological polar surface area (TPSA) is 36.3 Å². The number of nitriles is 1. The highest BCUT2D eigenvalue weighted by molar-refractivity contribution is 7.99. The van der Waals surface area contributed by atoms with Crippen LogP contribution in [0.4, 0.5) is 0 Å². The monoisotopic (exact) mass is 380 g/mol. The van der Waals surface area contributed by atoms with Crippen molar-refractivity contribution in [3.05, 3.63) is 59.7 Å². The summed E-state index contributed by atoms with van der Waals surface area (Å²) >= 11 is 1.81. The van der Waals surface area contributed by atoms with E-state index in [0.717, 1.165) is 42.3 Å². The zero-order valence-electron chi connectivity index (χ0n) is 16.4. The lowest BCUT2D eigenvalue weighted by atomic mass is 10.0. The molecular weight excluding hydrogens is 352 g/mol. The number of rotatable bonds is 10. The van der Waals surface area contributed by atoms with Crippen molar-refractivity contribution in [2.24, 2.45) is 0 Å². The third-order valence-corrected chi connectivity index (χ3v) is 5.25. The molecule has 4 heteroatoms. The Morgan fingerprint density at radius 3 is 2.26 bits per heavy atom. The van der Waals surface area contributed by atoms with E-state index in [1.807, 2.05) is 42.1 Å². The fourth-order valence-electron chi connectivity index (χ4n) is 2.74. The number of likely N-dealkylation sites (N-methyl/N-ethyl adjacent to an activating group) is 1. The predicted octanol–water partition coefficient (Wildman–Crippen LogP) is 5.58. The second-order valence-corrected chi connectivity index (χ2v) is 7.41. The van der Waals surface area contributed by atoms with Crippen LogP contribution in [0, 0.1) is 11.3 Å². The molecule has 3 nitrogen and oxygen atoms in total. The Bertz CT molecular complexity index is 756. The second kappa shape index (κ2) is 11.5. The highest BCUT2D eigenvalue weighted by Crippen LogP contribution is 2.23. The highest BCUT2D eigenvalue weighted by atomic mass is 32.2. The van der Waals surface area contributed by atoms with E-state index in [0.29, 0.717) is 12.2 Å². The third kappa shape index (κ3) is 6.78. The molecule has 0 aliphatic rings. The van der Waals surface area contributed by atoms with Crippen LogP contribution in [-0.4, -0.2) is 36.9 Å². The molecule has 0 aromatic heterocycles. The fourth-order valence-corrected chi connectivity index (χ4v) is 3.40. The van der Waals surface area contributed by atoms with Crippen molar-refractivity contribution < 1.29 is 4.74 Å². The molecule has 2 aromatic rings. The number of hydrogen-bond acceptors (Lipinski definition) is 4. The maximum absolute atomic E-state index is 9.55. The number of benzene rings is 2. The smallest absolute Gasteiger partial charge is 0.119 e. The van der Waals surface area contributed by atoms with Crippen LogP contribution in [0.15, 0.2) is 53.4 Å². The summed E-state index contributed by atoms with van der Waals surface area (Å²) in [6, 6.07) is 18.4. The highest BCUT2D eigenvalue weighted by Gasteiger charge is 2.04. The van der Waals surface area contributed by atoms with Gasteiger partial charge in [0, 0.05) is 11.4 Å². The van der Waals surface area contributed by atoms with E-state index in [1.165, 1.54) is 4.90 Å². The summed E-state index contributed by atoms with van der Waals surface area (Å²) in [6.07, 6.45) is 1.93. The molecule has 142 valence electrons. The average Bonchev–Trinajstić information content (AvgIpc) is 2.71. The molecule has 2 rings (SSSR count). The molecule has 2 aromatic carbocycles. The zero-order valence-corrected chi connectivity index (χ0v) is 17.3. The second-order valence-electron chi connectivity index (χ2n) is 6.07. The molecule has 0 saturated carbocycles. The molecule has 0 bridgehead atoms. The van der Waals surface area contributed by atoms with Gasteiger partial charge in [0.2, 0.25) is 0 Å². The molecule has 0 heterocycles. The van der Waals surface area contributed by atoms with Gasteiger partial charge in [-0.2, -0.15) is 5.26 Å². The number of nitrogens with zero attached hydrogens (tertiary/aromatic N) is 2. The zero-order chi connectivity index (χ0) is 19.5. The van der Waals surface area contributed by atoms with Gasteiger partial charge in [0.25, 0.3) is 0 Å². The lowest BCUT2D eigenvalue weighted by Crippen LogP contribution is -2.27. The van der Waals surface area contributed by atoms with Crippen molar-refractivity contribution in [3.63, 3.8) is 0 Å². The lowest BCUT2D eigenvalue weighted by Gasteiger charge is -2.18. The summed E-state index contributed by atoms with van der Waals surface area (Å²) in [7, 11) is 0. The van der Waals surface area contributed by atoms with Crippen molar-refractivity contribution in [1.29, 1.82) is 5.26 Å². The first kappa shape index (κ1) is 21.1. The van der Waals surface area contributed by atoms with Gasteiger partial charge >= 0.3 is 0 Å². The first-order chi connectivity index (χ1) is 13.2. The number of thioether (sulfide) groups is 1. The molecule has 0 atom stereocenters. The SMILES string of the molecule is CCSc1ccc(/C=C(/C#N)c2ccc(OCCN(CC)CC)cc2)cc1. The Morgan fingerprint density at radius 1 is 1.04 bits per heavy atom. The molecule has 27 heavy (non-hydrogen) atoms. The van der Waals surface area contributed by atoms with Crippen molar-refractivity contribution in [2.75, 3.05) is 32.0 Å². The Kier molecular flexibility index (Phi) is 8.97. The molecule has 0 radical (unpaired) electrons. The first-order valence-electron chi connectivity index (χ1n) is 9.50. The van der Waals surface area contributed by atoms with Crippen LogP contribution >= 0.6 is 11.8 Å². The largest absolute Gasteiger partial charge is 0.492 e. The first-order valence-corrected chi connectivity index (χ1v) is 10.5. The summed E-state index contributed by atoms with van der Waals surface area (Å²) in [4.78, 5) is 3.58. The van der Waals surface area contributed by atoms with Crippen molar-refractivity contribution in [1.82, 2.24) is 4.90 Å². The molecule has 0 amide bonds. The number of ether oxygens (including phenoxy) is 1. The van der Waals surface area contributed by atoms with Crippen LogP contribution in [0.2, 0.25) is 0 Å². The van der Waals surface area contributed by atoms with Crippen LogP contribution in [-0.2, 0) is 0 Å². The lowest BCUT2D eigenvalue weighted by molar-refractivity contribution is 0.223. The summed E-state index contributed by atoms with van der Waals surface area (Å²) < 4.78 is 5.82. The van der Waals surface area contributed by atoms with Gasteiger partial charge in [-0.25, -0.2) is 0 Å². The summed E-state index contributed by atoms with van der Waals surface area (Å²) in [5, 5.41) is 9.55. The summed E-state index contributed by atoms with van der Waals surface area (Å²) in [5.41, 5.74) is 2.59. The number of hydrogen-bond donors (Lipinski definition) is 0. The van der Waals surface area contributed by atoms with Crippen LogP contribution in [0.1, 0.15) is 31.9 Å². The van der Waals surface area contributed by atoms with Gasteiger partial charge in [0.1, 0.15) is 12.4 Å². The standard InChI is InChI=1S/C23H28N2OS/c1-4-25(5-2)15-16-26-22-11-9-20(10-12-22)21(18-24)17-19-7-13-23(14-8-19)27-6-3/h7-14,17H,4-6,15-16H2,1-3H3/b21-17-. The van der Waals surface area contributed by atoms with Gasteiger partial charge in [-0.05, 0) is 72.4 Å². The normalized spacial score (nSPS) is 11.4. The maximum Gasteiger partial charge on any atom is 0.119 e. The van der Waals surface area contributed by atoms with E-state index in [-0.39, 0.29) is 0 Å². The molecule has 0 spiro atoms. The van der Waals surface area contributed by atoms with E-state index >= 15 is 0 Å². The Morgan fingerprint density at radius 2 is 1.70 bits per heavy atom. The van der Waals surface area contributed by atoms with Crippen LogP contribution in [0.3, 0.4) is 0 Å². The van der Waals surface area contributed by atoms with Crippen LogP contribution in [0.5, 0.6) is 5.75 Å². The van der Waals surface area contributed by atoms with E-state index in [4.69, 9.17) is 4.74 Å². The molecule has 0 aliphatic carbocycles. The fraction of sp³-hybridized carbons (Fsp3) is 0.348. The van der Waals surface area contributed by atoms with Crippen LogP contribution < -0.4 is 4.74 Å². The molecule has 0 unspecified atom stereocenters. The van der Waals surface area contributed by atoms with Crippen molar-refractivity contribution in [2.45, 2.75) is 25.7 Å². The van der Waals surface area contributed by atoms with E-state index < -0.39 is 0 Å². The number of allylic oxidation sites excluding steroid dienone is 1. The quantitative estimate of drug-likeness (QED) is 0.306. The molecule has 0 N–H and O–H groups in total. The van der Waals surface area contributed by atoms with E-state index in [1.54, 1.807) is 0 Å². The van der Waals surface area contributed by atoms with Gasteiger partial charge in [-0.3, -0.25) is 0 Å².